The second-order valence-corrected chi connectivity index (χ2v) is 10.0. The van der Waals surface area contributed by atoms with Crippen LogP contribution in [0.2, 0.25) is 0 Å². The van der Waals surface area contributed by atoms with Gasteiger partial charge in [-0.2, -0.15) is 0 Å². The van der Waals surface area contributed by atoms with Gasteiger partial charge < -0.3 is 14.9 Å². The molecule has 2 aromatic carbocycles. The van der Waals surface area contributed by atoms with Crippen molar-refractivity contribution in [2.45, 2.75) is 33.2 Å². The summed E-state index contributed by atoms with van der Waals surface area (Å²) in [6, 6.07) is 14.4. The van der Waals surface area contributed by atoms with E-state index in [9.17, 15) is 24.8 Å². The van der Waals surface area contributed by atoms with Crippen LogP contribution in [0.5, 0.6) is 0 Å². The van der Waals surface area contributed by atoms with E-state index in [0.29, 0.717) is 34.1 Å². The third-order valence-electron chi connectivity index (χ3n) is 6.76. The van der Waals surface area contributed by atoms with Crippen molar-refractivity contribution in [2.24, 2.45) is 0 Å². The van der Waals surface area contributed by atoms with Gasteiger partial charge in [-0.25, -0.2) is 4.98 Å². The number of hydrogen-bond donors (Lipinski definition) is 1. The van der Waals surface area contributed by atoms with Crippen LogP contribution in [0.15, 0.2) is 65.9 Å². The third-order valence-corrected chi connectivity index (χ3v) is 7.96. The van der Waals surface area contributed by atoms with Gasteiger partial charge in [0.2, 0.25) is 5.78 Å². The SMILES string of the molecule is CCN(CC)CCCN1C(=O)C(O)=C(C(=O)c2sc(-c3ccccc3)nc2C)C1c1ccc([N+](=O)[O-])cc1. The van der Waals surface area contributed by atoms with Gasteiger partial charge in [-0.1, -0.05) is 44.2 Å². The van der Waals surface area contributed by atoms with E-state index < -0.39 is 28.4 Å². The van der Waals surface area contributed by atoms with Crippen molar-refractivity contribution in [1.29, 1.82) is 0 Å². The summed E-state index contributed by atoms with van der Waals surface area (Å²) in [5, 5.41) is 22.9. The summed E-state index contributed by atoms with van der Waals surface area (Å²) in [6.45, 7) is 8.67. The summed E-state index contributed by atoms with van der Waals surface area (Å²) < 4.78 is 0. The van der Waals surface area contributed by atoms with E-state index in [4.69, 9.17) is 0 Å². The van der Waals surface area contributed by atoms with Crippen LogP contribution in [-0.2, 0) is 4.79 Å². The van der Waals surface area contributed by atoms with Crippen LogP contribution in [-0.4, -0.2) is 62.7 Å². The fraction of sp³-hybridized carbons (Fsp3) is 0.321. The molecule has 4 rings (SSSR count). The van der Waals surface area contributed by atoms with E-state index >= 15 is 0 Å². The molecule has 1 unspecified atom stereocenters. The minimum atomic E-state index is -0.866. The van der Waals surface area contributed by atoms with Crippen molar-refractivity contribution in [3.8, 4) is 10.6 Å². The number of non-ortho nitro benzene ring substituents is 1. The van der Waals surface area contributed by atoms with E-state index in [2.05, 4.69) is 23.7 Å². The third kappa shape index (κ3) is 5.36. The quantitative estimate of drug-likeness (QED) is 0.201. The first kappa shape index (κ1) is 27.2. The Kier molecular flexibility index (Phi) is 8.33. The Bertz CT molecular complexity index is 1360. The first-order chi connectivity index (χ1) is 18.3. The molecule has 9 nitrogen and oxygen atoms in total. The monoisotopic (exact) mass is 534 g/mol. The van der Waals surface area contributed by atoms with Crippen molar-refractivity contribution in [2.75, 3.05) is 26.2 Å². The standard InChI is InChI=1S/C28H30N4O5S/c1-4-30(5-2)16-9-17-31-23(19-12-14-21(15-13-19)32(36)37)22(25(34)28(31)35)24(33)26-18(3)29-27(38-26)20-10-7-6-8-11-20/h6-8,10-15,23,34H,4-5,9,16-17H2,1-3H3. The van der Waals surface area contributed by atoms with Crippen LogP contribution in [0.4, 0.5) is 5.69 Å². The number of nitrogens with zero attached hydrogens (tertiary/aromatic N) is 4. The normalized spacial score (nSPS) is 15.5. The van der Waals surface area contributed by atoms with Gasteiger partial charge >= 0.3 is 0 Å². The lowest BCUT2D eigenvalue weighted by Crippen LogP contribution is -2.34. The number of Topliss-reactive ketones (excluding diaryl/α,β-unsaturated/α-hetero) is 1. The Morgan fingerprint density at radius 2 is 1.79 bits per heavy atom. The molecule has 0 saturated heterocycles. The number of aliphatic hydroxyl groups excluding tert-OH is 1. The fourth-order valence-electron chi connectivity index (χ4n) is 4.68. The number of carbonyl (C=O) groups excluding carboxylic acids is 2. The molecule has 0 aliphatic carbocycles. The highest BCUT2D eigenvalue weighted by molar-refractivity contribution is 7.17. The van der Waals surface area contributed by atoms with Crippen molar-refractivity contribution in [3.63, 3.8) is 0 Å². The van der Waals surface area contributed by atoms with Crippen molar-refractivity contribution < 1.29 is 19.6 Å². The van der Waals surface area contributed by atoms with Crippen molar-refractivity contribution in [1.82, 2.24) is 14.8 Å². The van der Waals surface area contributed by atoms with Crippen LogP contribution >= 0.6 is 11.3 Å². The second-order valence-electron chi connectivity index (χ2n) is 9.02. The molecule has 38 heavy (non-hydrogen) atoms. The maximum atomic E-state index is 13.9. The van der Waals surface area contributed by atoms with Crippen molar-refractivity contribution in [3.05, 3.63) is 92.2 Å². The molecule has 2 heterocycles. The summed E-state index contributed by atoms with van der Waals surface area (Å²) in [6.07, 6.45) is 0.642. The number of benzene rings is 2. The number of aliphatic hydroxyl groups is 1. The van der Waals surface area contributed by atoms with Gasteiger partial charge in [0.25, 0.3) is 11.6 Å². The maximum Gasteiger partial charge on any atom is 0.290 e. The molecule has 1 amide bonds. The largest absolute Gasteiger partial charge is 0.503 e. The lowest BCUT2D eigenvalue weighted by molar-refractivity contribution is -0.384. The molecular formula is C28H30N4O5S. The first-order valence-corrected chi connectivity index (χ1v) is 13.4. The summed E-state index contributed by atoms with van der Waals surface area (Å²) >= 11 is 1.21. The summed E-state index contributed by atoms with van der Waals surface area (Å²) in [5.74, 6) is -1.68. The molecule has 10 heteroatoms. The summed E-state index contributed by atoms with van der Waals surface area (Å²) in [4.78, 5) is 46.5. The highest BCUT2D eigenvalue weighted by atomic mass is 32.1. The molecule has 1 aliphatic rings. The Balaban J connectivity index is 1.71. The number of rotatable bonds is 11. The Labute approximate surface area is 225 Å². The van der Waals surface area contributed by atoms with Gasteiger partial charge in [-0.15, -0.1) is 11.3 Å². The zero-order chi connectivity index (χ0) is 27.4. The lowest BCUT2D eigenvalue weighted by atomic mass is 9.95. The molecule has 0 spiro atoms. The van der Waals surface area contributed by atoms with Crippen LogP contribution in [0.3, 0.4) is 0 Å². The van der Waals surface area contributed by atoms with E-state index in [1.807, 2.05) is 30.3 Å². The van der Waals surface area contributed by atoms with E-state index in [1.54, 1.807) is 6.92 Å². The van der Waals surface area contributed by atoms with Gasteiger partial charge in [-0.05, 0) is 50.7 Å². The zero-order valence-corrected chi connectivity index (χ0v) is 22.4. The average Bonchev–Trinajstić information content (AvgIpc) is 3.44. The number of aromatic nitrogens is 1. The molecule has 1 aromatic heterocycles. The molecule has 1 aliphatic heterocycles. The smallest absolute Gasteiger partial charge is 0.290 e. The minimum Gasteiger partial charge on any atom is -0.503 e. The van der Waals surface area contributed by atoms with E-state index in [1.165, 1.54) is 40.5 Å². The second kappa shape index (κ2) is 11.7. The number of aryl methyl sites for hydroxylation is 1. The number of carbonyl (C=O) groups is 2. The fourth-order valence-corrected chi connectivity index (χ4v) is 5.71. The van der Waals surface area contributed by atoms with Gasteiger partial charge in [0, 0.05) is 24.2 Å². The lowest BCUT2D eigenvalue weighted by Gasteiger charge is -2.28. The number of amides is 1. The predicted molar refractivity (Wildman–Crippen MR) is 146 cm³/mol. The summed E-state index contributed by atoms with van der Waals surface area (Å²) in [7, 11) is 0. The van der Waals surface area contributed by atoms with Gasteiger partial charge in [-0.3, -0.25) is 19.7 Å². The first-order valence-electron chi connectivity index (χ1n) is 12.5. The Morgan fingerprint density at radius 3 is 2.39 bits per heavy atom. The van der Waals surface area contributed by atoms with Gasteiger partial charge in [0.1, 0.15) is 5.01 Å². The van der Waals surface area contributed by atoms with Crippen LogP contribution in [0.1, 0.15) is 47.2 Å². The van der Waals surface area contributed by atoms with E-state index in [0.717, 1.165) is 25.2 Å². The molecule has 0 radical (unpaired) electrons. The summed E-state index contributed by atoms with van der Waals surface area (Å²) in [5.41, 5.74) is 1.76. The number of nitro groups is 1. The molecule has 0 saturated carbocycles. The number of thiazole rings is 1. The number of nitro benzene ring substituents is 1. The Hall–Kier alpha value is -3.89. The Morgan fingerprint density at radius 1 is 1.13 bits per heavy atom. The highest BCUT2D eigenvalue weighted by Gasteiger charge is 2.44. The number of hydrogen-bond acceptors (Lipinski definition) is 8. The minimum absolute atomic E-state index is 0.0296. The maximum absolute atomic E-state index is 13.9. The molecule has 0 bridgehead atoms. The molecule has 1 N–H and O–H groups in total. The molecule has 3 aromatic rings. The molecular weight excluding hydrogens is 504 g/mol. The highest BCUT2D eigenvalue weighted by Crippen LogP contribution is 2.41. The molecule has 198 valence electrons. The van der Waals surface area contributed by atoms with Crippen LogP contribution in [0.25, 0.3) is 10.6 Å². The molecule has 1 atom stereocenters. The van der Waals surface area contributed by atoms with Gasteiger partial charge in [0.15, 0.2) is 5.76 Å². The predicted octanol–water partition coefficient (Wildman–Crippen LogP) is 5.34. The van der Waals surface area contributed by atoms with E-state index in [-0.39, 0.29) is 11.3 Å². The average molecular weight is 535 g/mol. The van der Waals surface area contributed by atoms with Crippen LogP contribution in [0, 0.1) is 17.0 Å². The van der Waals surface area contributed by atoms with Crippen molar-refractivity contribution >= 4 is 28.7 Å². The molecule has 0 fully saturated rings. The topological polar surface area (TPSA) is 117 Å². The number of ketones is 1. The zero-order valence-electron chi connectivity index (χ0n) is 21.6. The van der Waals surface area contributed by atoms with Crippen LogP contribution < -0.4 is 0 Å². The van der Waals surface area contributed by atoms with Gasteiger partial charge in [0.05, 0.1) is 27.1 Å².